The molecule has 1 aliphatic heterocycles. The first-order chi connectivity index (χ1) is 10.1. The second-order valence-corrected chi connectivity index (χ2v) is 6.26. The van der Waals surface area contributed by atoms with Crippen LogP contribution in [-0.4, -0.2) is 42.6 Å². The lowest BCUT2D eigenvalue weighted by molar-refractivity contribution is -0.144. The average Bonchev–Trinajstić information content (AvgIpc) is 2.53. The lowest BCUT2D eigenvalue weighted by Crippen LogP contribution is -2.53. The van der Waals surface area contributed by atoms with Gasteiger partial charge < -0.3 is 15.4 Å². The quantitative estimate of drug-likeness (QED) is 0.894. The molecule has 114 valence electrons. The molecule has 3 rings (SSSR count). The van der Waals surface area contributed by atoms with Crippen molar-refractivity contribution >= 4 is 5.91 Å². The summed E-state index contributed by atoms with van der Waals surface area (Å²) in [6, 6.07) is 8.44. The number of hydrogen-bond donors (Lipinski definition) is 1. The molecule has 0 bridgehead atoms. The van der Waals surface area contributed by atoms with Gasteiger partial charge in [-0.15, -0.1) is 0 Å². The molecular formula is C17H24N2O2. The van der Waals surface area contributed by atoms with Crippen LogP contribution in [0, 0.1) is 5.92 Å². The van der Waals surface area contributed by atoms with Crippen LogP contribution in [0.3, 0.4) is 0 Å². The fraction of sp³-hybridized carbons (Fsp3) is 0.588. The Hall–Kier alpha value is -1.39. The van der Waals surface area contributed by atoms with Crippen LogP contribution < -0.4 is 5.73 Å². The number of rotatable bonds is 2. The van der Waals surface area contributed by atoms with Crippen LogP contribution in [0.1, 0.15) is 24.5 Å². The van der Waals surface area contributed by atoms with E-state index in [1.165, 1.54) is 11.1 Å². The van der Waals surface area contributed by atoms with Gasteiger partial charge in [0.05, 0.1) is 12.7 Å². The zero-order valence-corrected chi connectivity index (χ0v) is 12.6. The summed E-state index contributed by atoms with van der Waals surface area (Å²) >= 11 is 0. The number of amides is 1. The summed E-state index contributed by atoms with van der Waals surface area (Å²) < 4.78 is 5.64. The zero-order chi connectivity index (χ0) is 14.8. The molecule has 2 N–H and O–H groups in total. The van der Waals surface area contributed by atoms with Crippen LogP contribution in [0.2, 0.25) is 0 Å². The normalized spacial score (nSPS) is 27.0. The number of hydrogen-bond acceptors (Lipinski definition) is 3. The van der Waals surface area contributed by atoms with Crippen molar-refractivity contribution in [1.29, 1.82) is 0 Å². The number of nitrogens with zero attached hydrogens (tertiary/aromatic N) is 1. The molecule has 1 saturated heterocycles. The molecule has 3 atom stereocenters. The fourth-order valence-electron chi connectivity index (χ4n) is 3.36. The summed E-state index contributed by atoms with van der Waals surface area (Å²) in [5, 5.41) is 0. The molecule has 2 aliphatic rings. The number of morpholine rings is 1. The van der Waals surface area contributed by atoms with E-state index in [1.54, 1.807) is 0 Å². The van der Waals surface area contributed by atoms with Gasteiger partial charge in [-0.1, -0.05) is 24.3 Å². The Morgan fingerprint density at radius 1 is 1.38 bits per heavy atom. The topological polar surface area (TPSA) is 55.6 Å². The number of carbonyl (C=O) groups is 1. The van der Waals surface area contributed by atoms with Gasteiger partial charge in [-0.3, -0.25) is 4.79 Å². The van der Waals surface area contributed by atoms with E-state index in [0.717, 1.165) is 19.3 Å². The minimum absolute atomic E-state index is 0.0291. The van der Waals surface area contributed by atoms with Crippen molar-refractivity contribution in [3.8, 4) is 0 Å². The summed E-state index contributed by atoms with van der Waals surface area (Å²) in [4.78, 5) is 14.7. The Labute approximate surface area is 126 Å². The van der Waals surface area contributed by atoms with Crippen molar-refractivity contribution < 1.29 is 9.53 Å². The molecule has 0 spiro atoms. The molecule has 1 aliphatic carbocycles. The number of ether oxygens (including phenoxy) is 1. The number of aryl methyl sites for hydroxylation is 1. The van der Waals surface area contributed by atoms with Gasteiger partial charge in [0.15, 0.2) is 0 Å². The molecule has 1 amide bonds. The maximum absolute atomic E-state index is 12.8. The molecule has 1 heterocycles. The highest BCUT2D eigenvalue weighted by molar-refractivity contribution is 5.79. The van der Waals surface area contributed by atoms with Gasteiger partial charge in [-0.05, 0) is 37.3 Å². The maximum atomic E-state index is 12.8. The SMILES string of the molecule is CC(N)C1CN(C(=O)C2CCc3ccccc3C2)CCO1. The monoisotopic (exact) mass is 288 g/mol. The summed E-state index contributed by atoms with van der Waals surface area (Å²) in [5.41, 5.74) is 8.64. The smallest absolute Gasteiger partial charge is 0.226 e. The Balaban J connectivity index is 1.66. The predicted molar refractivity (Wildman–Crippen MR) is 81.9 cm³/mol. The van der Waals surface area contributed by atoms with Gasteiger partial charge in [0, 0.05) is 25.0 Å². The summed E-state index contributed by atoms with van der Waals surface area (Å²) in [6.07, 6.45) is 2.80. The molecule has 21 heavy (non-hydrogen) atoms. The third-order valence-corrected chi connectivity index (χ3v) is 4.69. The second kappa shape index (κ2) is 6.16. The Bertz CT molecular complexity index is 515. The molecule has 1 fully saturated rings. The van der Waals surface area contributed by atoms with Crippen molar-refractivity contribution in [2.24, 2.45) is 11.7 Å². The third-order valence-electron chi connectivity index (χ3n) is 4.69. The Morgan fingerprint density at radius 2 is 2.14 bits per heavy atom. The molecule has 4 heteroatoms. The highest BCUT2D eigenvalue weighted by atomic mass is 16.5. The molecule has 1 aromatic rings. The van der Waals surface area contributed by atoms with E-state index in [4.69, 9.17) is 10.5 Å². The number of benzene rings is 1. The van der Waals surface area contributed by atoms with E-state index in [1.807, 2.05) is 11.8 Å². The van der Waals surface area contributed by atoms with Crippen LogP contribution in [0.25, 0.3) is 0 Å². The lowest BCUT2D eigenvalue weighted by Gasteiger charge is -2.37. The van der Waals surface area contributed by atoms with Crippen molar-refractivity contribution in [1.82, 2.24) is 4.90 Å². The van der Waals surface area contributed by atoms with Gasteiger partial charge >= 0.3 is 0 Å². The lowest BCUT2D eigenvalue weighted by atomic mass is 9.83. The van der Waals surface area contributed by atoms with Gasteiger partial charge in [-0.25, -0.2) is 0 Å². The Kier molecular flexibility index (Phi) is 4.27. The van der Waals surface area contributed by atoms with E-state index in [0.29, 0.717) is 19.7 Å². The third kappa shape index (κ3) is 3.11. The van der Waals surface area contributed by atoms with Gasteiger partial charge in [0.1, 0.15) is 0 Å². The van der Waals surface area contributed by atoms with Crippen molar-refractivity contribution in [3.05, 3.63) is 35.4 Å². The fourth-order valence-corrected chi connectivity index (χ4v) is 3.36. The van der Waals surface area contributed by atoms with Gasteiger partial charge in [0.25, 0.3) is 0 Å². The number of nitrogens with two attached hydrogens (primary N) is 1. The van der Waals surface area contributed by atoms with Crippen LogP contribution in [0.5, 0.6) is 0 Å². The largest absolute Gasteiger partial charge is 0.373 e. The van der Waals surface area contributed by atoms with E-state index in [9.17, 15) is 4.79 Å². The van der Waals surface area contributed by atoms with E-state index in [2.05, 4.69) is 24.3 Å². The van der Waals surface area contributed by atoms with Gasteiger partial charge in [0.2, 0.25) is 5.91 Å². The Morgan fingerprint density at radius 3 is 2.90 bits per heavy atom. The molecule has 0 saturated carbocycles. The molecule has 0 aromatic heterocycles. The highest BCUT2D eigenvalue weighted by Gasteiger charge is 2.32. The zero-order valence-electron chi connectivity index (χ0n) is 12.6. The van der Waals surface area contributed by atoms with E-state index in [-0.39, 0.29) is 24.0 Å². The van der Waals surface area contributed by atoms with E-state index < -0.39 is 0 Å². The predicted octanol–water partition coefficient (Wildman–Crippen LogP) is 1.37. The molecule has 3 unspecified atom stereocenters. The van der Waals surface area contributed by atoms with Crippen LogP contribution >= 0.6 is 0 Å². The minimum atomic E-state index is -0.0346. The van der Waals surface area contributed by atoms with Gasteiger partial charge in [-0.2, -0.15) is 0 Å². The summed E-state index contributed by atoms with van der Waals surface area (Å²) in [5.74, 6) is 0.394. The van der Waals surface area contributed by atoms with Crippen molar-refractivity contribution in [2.45, 2.75) is 38.3 Å². The van der Waals surface area contributed by atoms with E-state index >= 15 is 0 Å². The first kappa shape index (κ1) is 14.5. The molecule has 1 aromatic carbocycles. The number of carbonyl (C=O) groups excluding carboxylic acids is 1. The summed E-state index contributed by atoms with van der Waals surface area (Å²) in [7, 11) is 0. The standard InChI is InChI=1S/C17H24N2O2/c1-12(18)16-11-19(8-9-21-16)17(20)15-7-6-13-4-2-3-5-14(13)10-15/h2-5,12,15-16H,6-11,18H2,1H3. The highest BCUT2D eigenvalue weighted by Crippen LogP contribution is 2.27. The summed E-state index contributed by atoms with van der Waals surface area (Å²) in [6.45, 7) is 3.87. The first-order valence-electron chi connectivity index (χ1n) is 7.88. The molecular weight excluding hydrogens is 264 g/mol. The first-order valence-corrected chi connectivity index (χ1v) is 7.88. The van der Waals surface area contributed by atoms with Crippen LogP contribution in [0.15, 0.2) is 24.3 Å². The van der Waals surface area contributed by atoms with Crippen molar-refractivity contribution in [2.75, 3.05) is 19.7 Å². The maximum Gasteiger partial charge on any atom is 0.226 e. The second-order valence-electron chi connectivity index (χ2n) is 6.26. The van der Waals surface area contributed by atoms with Crippen LogP contribution in [0.4, 0.5) is 0 Å². The average molecular weight is 288 g/mol. The van der Waals surface area contributed by atoms with Crippen molar-refractivity contribution in [3.63, 3.8) is 0 Å². The molecule has 4 nitrogen and oxygen atoms in total. The minimum Gasteiger partial charge on any atom is -0.373 e. The number of fused-ring (bicyclic) bond motifs is 1. The van der Waals surface area contributed by atoms with Crippen LogP contribution in [-0.2, 0) is 22.4 Å². The molecule has 0 radical (unpaired) electrons.